The van der Waals surface area contributed by atoms with Crippen LogP contribution in [-0.2, 0) is 0 Å². The number of rotatable bonds is 3. The van der Waals surface area contributed by atoms with Gasteiger partial charge in [-0.25, -0.2) is 0 Å². The van der Waals surface area contributed by atoms with Gasteiger partial charge in [0.25, 0.3) is 0 Å². The number of aromatic nitrogens is 1. The molecule has 4 aromatic rings. The fraction of sp³-hybridized carbons (Fsp3) is 0.138. The summed E-state index contributed by atoms with van der Waals surface area (Å²) in [4.78, 5) is 4.48. The molecule has 2 nitrogen and oxygen atoms in total. The molecule has 0 saturated carbocycles. The molecule has 6 rings (SSSR count). The quantitative estimate of drug-likeness (QED) is 0.404. The summed E-state index contributed by atoms with van der Waals surface area (Å²) in [7, 11) is 0. The molecule has 2 aliphatic carbocycles. The van der Waals surface area contributed by atoms with Crippen LogP contribution < -0.4 is 15.2 Å². The molecule has 0 bridgehead atoms. The predicted octanol–water partition coefficient (Wildman–Crippen LogP) is 6.27. The van der Waals surface area contributed by atoms with Crippen LogP contribution in [0.4, 0.5) is 0 Å². The lowest BCUT2D eigenvalue weighted by Crippen LogP contribution is -2.32. The van der Waals surface area contributed by atoms with Crippen molar-refractivity contribution in [3.63, 3.8) is 0 Å². The lowest BCUT2D eigenvalue weighted by atomic mass is 9.88. The third-order valence-corrected chi connectivity index (χ3v) is 6.28. The van der Waals surface area contributed by atoms with Gasteiger partial charge in [0.15, 0.2) is 0 Å². The molecule has 0 saturated heterocycles. The van der Waals surface area contributed by atoms with E-state index in [1.54, 1.807) is 0 Å². The van der Waals surface area contributed by atoms with Crippen molar-refractivity contribution < 1.29 is 4.74 Å². The van der Waals surface area contributed by atoms with Gasteiger partial charge in [-0.1, -0.05) is 60.7 Å². The lowest BCUT2D eigenvalue weighted by Gasteiger charge is -2.19. The molecule has 0 unspecified atom stereocenters. The second-order valence-corrected chi connectivity index (χ2v) is 8.21. The summed E-state index contributed by atoms with van der Waals surface area (Å²) < 4.78 is 6.63. The van der Waals surface area contributed by atoms with Crippen molar-refractivity contribution >= 4 is 39.3 Å². The van der Waals surface area contributed by atoms with Crippen LogP contribution in [0, 0.1) is 0 Å². The van der Waals surface area contributed by atoms with E-state index in [0.717, 1.165) is 42.6 Å². The molecule has 0 radical (unpaired) electrons. The van der Waals surface area contributed by atoms with E-state index >= 15 is 0 Å². The van der Waals surface area contributed by atoms with Crippen molar-refractivity contribution in [1.29, 1.82) is 0 Å². The molecule has 0 spiro atoms. The van der Waals surface area contributed by atoms with Gasteiger partial charge in [-0.15, -0.1) is 0 Å². The van der Waals surface area contributed by atoms with Crippen LogP contribution in [0.3, 0.4) is 0 Å². The van der Waals surface area contributed by atoms with Crippen LogP contribution in [0.1, 0.15) is 31.2 Å². The Bertz CT molecular complexity index is 1510. The summed E-state index contributed by atoms with van der Waals surface area (Å²) >= 11 is 0. The zero-order valence-corrected chi connectivity index (χ0v) is 17.3. The van der Waals surface area contributed by atoms with E-state index in [4.69, 9.17) is 4.74 Å². The topological polar surface area (TPSA) is 22.1 Å². The van der Waals surface area contributed by atoms with Gasteiger partial charge >= 0.3 is 0 Å². The van der Waals surface area contributed by atoms with Crippen LogP contribution in [0.15, 0.2) is 79.2 Å². The highest BCUT2D eigenvalue weighted by Crippen LogP contribution is 2.33. The molecule has 2 heteroatoms. The first-order valence-corrected chi connectivity index (χ1v) is 11.0. The first-order valence-electron chi connectivity index (χ1n) is 11.0. The monoisotopic (exact) mass is 401 g/mol. The first kappa shape index (κ1) is 18.1. The van der Waals surface area contributed by atoms with Crippen molar-refractivity contribution in [3.8, 4) is 11.5 Å². The molecular weight excluding hydrogens is 378 g/mol. The molecular formula is C29H23NO. The number of pyridine rings is 1. The number of hydrogen-bond donors (Lipinski definition) is 0. The number of allylic oxidation sites excluding steroid dienone is 4. The molecule has 0 fully saturated rings. The molecule has 0 N–H and O–H groups in total. The highest BCUT2D eigenvalue weighted by Gasteiger charge is 2.18. The summed E-state index contributed by atoms with van der Waals surface area (Å²) in [6.07, 6.45) is 19.5. The fourth-order valence-electron chi connectivity index (χ4n) is 4.82. The maximum Gasteiger partial charge on any atom is 0.142 e. The smallest absolute Gasteiger partial charge is 0.142 e. The Morgan fingerprint density at radius 1 is 0.806 bits per heavy atom. The van der Waals surface area contributed by atoms with Gasteiger partial charge in [0, 0.05) is 28.4 Å². The van der Waals surface area contributed by atoms with Gasteiger partial charge in [0.1, 0.15) is 11.5 Å². The lowest BCUT2D eigenvalue weighted by molar-refractivity contribution is 0.484. The van der Waals surface area contributed by atoms with Crippen LogP contribution in [-0.4, -0.2) is 4.98 Å². The average molecular weight is 402 g/mol. The summed E-state index contributed by atoms with van der Waals surface area (Å²) in [5, 5.41) is 7.21. The molecule has 150 valence electrons. The van der Waals surface area contributed by atoms with Crippen molar-refractivity contribution in [2.75, 3.05) is 0 Å². The normalized spacial score (nSPS) is 15.2. The number of benzene rings is 3. The number of fused-ring (bicyclic) bond motifs is 3. The fourth-order valence-corrected chi connectivity index (χ4v) is 4.82. The molecule has 1 heterocycles. The summed E-state index contributed by atoms with van der Waals surface area (Å²) in [6, 6.07) is 16.8. The standard InChI is InChI=1S/C29H23NO/c1-2-9-21(10-3-1)28-24-12-6-7-13-25(24)29(26-16-17-30-19-27(26)28)31-23-15-14-20-8-4-5-11-22(20)18-23/h1-2,4-5,8-9,11-19H,3,6-7,10H2. The molecule has 1 aromatic heterocycles. The van der Waals surface area contributed by atoms with Gasteiger partial charge in [0.2, 0.25) is 0 Å². The Kier molecular flexibility index (Phi) is 4.42. The largest absolute Gasteiger partial charge is 0.456 e. The minimum absolute atomic E-state index is 0.866. The Morgan fingerprint density at radius 3 is 2.55 bits per heavy atom. The van der Waals surface area contributed by atoms with Crippen LogP contribution in [0.5, 0.6) is 11.5 Å². The van der Waals surface area contributed by atoms with E-state index < -0.39 is 0 Å². The molecule has 2 aliphatic rings. The van der Waals surface area contributed by atoms with Crippen molar-refractivity contribution in [3.05, 3.63) is 95.2 Å². The number of ether oxygens (including phenoxy) is 1. The summed E-state index contributed by atoms with van der Waals surface area (Å²) in [5.41, 5.74) is 2.71. The van der Waals surface area contributed by atoms with Gasteiger partial charge in [-0.2, -0.15) is 0 Å². The Balaban J connectivity index is 1.62. The minimum Gasteiger partial charge on any atom is -0.456 e. The van der Waals surface area contributed by atoms with E-state index in [1.165, 1.54) is 37.7 Å². The highest BCUT2D eigenvalue weighted by molar-refractivity contribution is 5.98. The third-order valence-electron chi connectivity index (χ3n) is 6.28. The Morgan fingerprint density at radius 2 is 1.68 bits per heavy atom. The molecule has 0 atom stereocenters. The third kappa shape index (κ3) is 3.16. The zero-order chi connectivity index (χ0) is 20.6. The van der Waals surface area contributed by atoms with Crippen molar-refractivity contribution in [2.45, 2.75) is 25.7 Å². The average Bonchev–Trinajstić information content (AvgIpc) is 2.84. The summed E-state index contributed by atoms with van der Waals surface area (Å²) in [6.45, 7) is 0. The Hall–Kier alpha value is -3.65. The summed E-state index contributed by atoms with van der Waals surface area (Å²) in [5.74, 6) is 1.81. The van der Waals surface area contributed by atoms with Gasteiger partial charge in [-0.3, -0.25) is 4.98 Å². The van der Waals surface area contributed by atoms with Crippen LogP contribution in [0.25, 0.3) is 39.3 Å². The molecule has 0 aliphatic heterocycles. The zero-order valence-electron chi connectivity index (χ0n) is 17.3. The van der Waals surface area contributed by atoms with E-state index in [-0.39, 0.29) is 0 Å². The Labute approximate surface area is 181 Å². The van der Waals surface area contributed by atoms with E-state index in [9.17, 15) is 0 Å². The van der Waals surface area contributed by atoms with Gasteiger partial charge in [-0.05, 0) is 71.0 Å². The van der Waals surface area contributed by atoms with Gasteiger partial charge in [0.05, 0.1) is 0 Å². The SMILES string of the molecule is C1=CCCC(c2c3c(c(Oc4ccc5ccccc5c4)c4ccncc24)=CCCC=3)=C1. The van der Waals surface area contributed by atoms with E-state index in [2.05, 4.69) is 83.9 Å². The molecule has 31 heavy (non-hydrogen) atoms. The maximum absolute atomic E-state index is 6.63. The van der Waals surface area contributed by atoms with E-state index in [0.29, 0.717) is 0 Å². The second kappa shape index (κ2) is 7.55. The van der Waals surface area contributed by atoms with Crippen molar-refractivity contribution in [1.82, 2.24) is 4.98 Å². The number of hydrogen-bond acceptors (Lipinski definition) is 2. The minimum atomic E-state index is 0.866. The second-order valence-electron chi connectivity index (χ2n) is 8.21. The van der Waals surface area contributed by atoms with Gasteiger partial charge < -0.3 is 4.74 Å². The number of nitrogens with zero attached hydrogens (tertiary/aromatic N) is 1. The van der Waals surface area contributed by atoms with Crippen LogP contribution in [0.2, 0.25) is 0 Å². The molecule has 0 amide bonds. The first-order chi connectivity index (χ1) is 15.4. The predicted molar refractivity (Wildman–Crippen MR) is 130 cm³/mol. The van der Waals surface area contributed by atoms with Crippen LogP contribution >= 0.6 is 0 Å². The molecule has 3 aromatic carbocycles. The van der Waals surface area contributed by atoms with Crippen molar-refractivity contribution in [2.24, 2.45) is 0 Å². The highest BCUT2D eigenvalue weighted by atomic mass is 16.5. The maximum atomic E-state index is 6.63. The van der Waals surface area contributed by atoms with E-state index in [1.807, 2.05) is 12.4 Å².